The van der Waals surface area contributed by atoms with Gasteiger partial charge in [0.15, 0.2) is 17.2 Å². The molecule has 0 aromatic carbocycles. The maximum atomic E-state index is 12.4. The van der Waals surface area contributed by atoms with Crippen molar-refractivity contribution in [3.8, 4) is 0 Å². The molecule has 0 aliphatic heterocycles. The van der Waals surface area contributed by atoms with Crippen LogP contribution in [0.4, 0.5) is 0 Å². The van der Waals surface area contributed by atoms with Gasteiger partial charge in [-0.15, -0.1) is 0 Å². The van der Waals surface area contributed by atoms with Gasteiger partial charge in [-0.1, -0.05) is 12.5 Å². The third-order valence-electron chi connectivity index (χ3n) is 8.51. The normalized spacial score (nSPS) is 48.9. The SMILES string of the molecule is C[C@]12C(O)=CC(=O)C=C1CC[C@@H]1[C@@H]2CC[C@@]2(C)[C@H]1CC(O)[C@]2(O)C(=O)CO. The van der Waals surface area contributed by atoms with Crippen molar-refractivity contribution in [3.05, 3.63) is 23.5 Å². The van der Waals surface area contributed by atoms with Gasteiger partial charge in [0.25, 0.3) is 0 Å². The summed E-state index contributed by atoms with van der Waals surface area (Å²) in [5, 5.41) is 41.8. The molecule has 4 rings (SSSR count). The summed E-state index contributed by atoms with van der Waals surface area (Å²) < 4.78 is 0. The zero-order valence-electron chi connectivity index (χ0n) is 15.8. The number of Topliss-reactive ketones (excluding diaryl/α,β-unsaturated/α-hetero) is 1. The van der Waals surface area contributed by atoms with Gasteiger partial charge in [0.05, 0.1) is 6.10 Å². The van der Waals surface area contributed by atoms with Gasteiger partial charge in [0.1, 0.15) is 12.4 Å². The molecule has 4 aliphatic rings. The van der Waals surface area contributed by atoms with Crippen molar-refractivity contribution in [2.24, 2.45) is 28.6 Å². The third kappa shape index (κ3) is 2.12. The summed E-state index contributed by atoms with van der Waals surface area (Å²) in [4.78, 5) is 24.3. The number of aliphatic hydroxyl groups is 4. The molecule has 0 heterocycles. The first kappa shape index (κ1) is 18.8. The van der Waals surface area contributed by atoms with Gasteiger partial charge in [-0.05, 0) is 62.9 Å². The van der Waals surface area contributed by atoms with E-state index in [2.05, 4.69) is 0 Å². The van der Waals surface area contributed by atoms with Crippen LogP contribution in [0.3, 0.4) is 0 Å². The zero-order valence-corrected chi connectivity index (χ0v) is 15.8. The lowest BCUT2D eigenvalue weighted by atomic mass is 9.46. The van der Waals surface area contributed by atoms with Crippen molar-refractivity contribution in [3.63, 3.8) is 0 Å². The third-order valence-corrected chi connectivity index (χ3v) is 8.51. The summed E-state index contributed by atoms with van der Waals surface area (Å²) in [5.41, 5.74) is -2.40. The summed E-state index contributed by atoms with van der Waals surface area (Å²) in [6.45, 7) is 3.04. The minimum atomic E-state index is -1.94. The zero-order chi connectivity index (χ0) is 19.8. The summed E-state index contributed by atoms with van der Waals surface area (Å²) in [7, 11) is 0. The Morgan fingerprint density at radius 2 is 1.93 bits per heavy atom. The van der Waals surface area contributed by atoms with E-state index in [1.165, 1.54) is 6.08 Å². The minimum absolute atomic E-state index is 0.0821. The van der Waals surface area contributed by atoms with E-state index in [4.69, 9.17) is 0 Å². The van der Waals surface area contributed by atoms with Crippen molar-refractivity contribution >= 4 is 11.6 Å². The first-order chi connectivity index (χ1) is 12.6. The Morgan fingerprint density at radius 3 is 2.59 bits per heavy atom. The molecule has 4 aliphatic carbocycles. The maximum absolute atomic E-state index is 12.4. The second-order valence-corrected chi connectivity index (χ2v) is 9.27. The number of carbonyl (C=O) groups is 2. The van der Waals surface area contributed by atoms with Crippen LogP contribution < -0.4 is 0 Å². The van der Waals surface area contributed by atoms with Gasteiger partial charge in [-0.2, -0.15) is 0 Å². The fourth-order valence-corrected chi connectivity index (χ4v) is 6.95. The van der Waals surface area contributed by atoms with E-state index in [0.29, 0.717) is 25.7 Å². The first-order valence-electron chi connectivity index (χ1n) is 9.81. The van der Waals surface area contributed by atoms with Crippen LogP contribution in [0.25, 0.3) is 0 Å². The Morgan fingerprint density at radius 1 is 1.22 bits per heavy atom. The number of rotatable bonds is 2. The van der Waals surface area contributed by atoms with Gasteiger partial charge in [-0.3, -0.25) is 9.59 Å². The van der Waals surface area contributed by atoms with Crippen molar-refractivity contribution in [2.75, 3.05) is 6.61 Å². The Kier molecular flexibility index (Phi) is 4.01. The van der Waals surface area contributed by atoms with Crippen molar-refractivity contribution in [2.45, 2.75) is 57.7 Å². The van der Waals surface area contributed by atoms with E-state index in [1.807, 2.05) is 13.8 Å². The number of carbonyl (C=O) groups excluding carboxylic acids is 2. The number of hydrogen-bond acceptors (Lipinski definition) is 6. The second kappa shape index (κ2) is 5.75. The molecular weight excluding hydrogens is 348 g/mol. The summed E-state index contributed by atoms with van der Waals surface area (Å²) in [5.74, 6) is -0.687. The maximum Gasteiger partial charge on any atom is 0.192 e. The fourth-order valence-electron chi connectivity index (χ4n) is 6.95. The summed E-state index contributed by atoms with van der Waals surface area (Å²) in [6, 6.07) is 0. The minimum Gasteiger partial charge on any atom is -0.511 e. The van der Waals surface area contributed by atoms with Crippen LogP contribution in [0.5, 0.6) is 0 Å². The van der Waals surface area contributed by atoms with E-state index >= 15 is 0 Å². The van der Waals surface area contributed by atoms with Crippen LogP contribution in [0.15, 0.2) is 23.5 Å². The lowest BCUT2D eigenvalue weighted by molar-refractivity contribution is -0.177. The van der Waals surface area contributed by atoms with E-state index in [0.717, 1.165) is 12.0 Å². The molecule has 7 atom stereocenters. The number of hydrogen-bond donors (Lipinski definition) is 4. The molecule has 0 bridgehead atoms. The molecule has 0 radical (unpaired) electrons. The van der Waals surface area contributed by atoms with E-state index < -0.39 is 34.9 Å². The number of fused-ring (bicyclic) bond motifs is 5. The summed E-state index contributed by atoms with van der Waals surface area (Å²) in [6.07, 6.45) is 4.70. The molecule has 0 amide bonds. The quantitative estimate of drug-likeness (QED) is 0.580. The van der Waals surface area contributed by atoms with Crippen LogP contribution in [0.1, 0.15) is 46.0 Å². The molecule has 148 valence electrons. The molecule has 4 N–H and O–H groups in total. The van der Waals surface area contributed by atoms with Crippen LogP contribution in [0, 0.1) is 28.6 Å². The first-order valence-corrected chi connectivity index (χ1v) is 9.81. The molecule has 3 saturated carbocycles. The molecule has 0 aromatic rings. The smallest absolute Gasteiger partial charge is 0.192 e. The van der Waals surface area contributed by atoms with E-state index in [1.54, 1.807) is 6.08 Å². The highest BCUT2D eigenvalue weighted by molar-refractivity contribution is 6.01. The standard InChI is InChI=1S/C21H28O6/c1-19-6-5-14-13(15(19)9-17(25)21(19,27)18(26)10-22)4-3-11-7-12(23)8-16(24)20(11,14)2/h7-8,13-15,17,22,24-25,27H,3-6,9-10H2,1-2H3/t13-,14+,15+,17?,19+,20+,21+/m1/s1. The van der Waals surface area contributed by atoms with Crippen molar-refractivity contribution in [1.82, 2.24) is 0 Å². The summed E-state index contributed by atoms with van der Waals surface area (Å²) >= 11 is 0. The molecule has 0 spiro atoms. The van der Waals surface area contributed by atoms with Crippen molar-refractivity contribution in [1.29, 1.82) is 0 Å². The van der Waals surface area contributed by atoms with Gasteiger partial charge < -0.3 is 20.4 Å². The molecular formula is C21H28O6. The molecule has 27 heavy (non-hydrogen) atoms. The molecule has 6 heteroatoms. The van der Waals surface area contributed by atoms with Gasteiger partial charge >= 0.3 is 0 Å². The number of aliphatic hydroxyl groups excluding tert-OH is 3. The molecule has 1 unspecified atom stereocenters. The van der Waals surface area contributed by atoms with Gasteiger partial charge in [0.2, 0.25) is 0 Å². The Hall–Kier alpha value is -1.50. The fraction of sp³-hybridized carbons (Fsp3) is 0.714. The van der Waals surface area contributed by atoms with Gasteiger partial charge in [0, 0.05) is 16.9 Å². The molecule has 6 nitrogen and oxygen atoms in total. The highest BCUT2D eigenvalue weighted by Crippen LogP contribution is 2.67. The average molecular weight is 376 g/mol. The lowest BCUT2D eigenvalue weighted by Crippen LogP contribution is -2.61. The highest BCUT2D eigenvalue weighted by Gasteiger charge is 2.70. The largest absolute Gasteiger partial charge is 0.511 e. The van der Waals surface area contributed by atoms with Crippen LogP contribution >= 0.6 is 0 Å². The Balaban J connectivity index is 1.75. The molecule has 0 saturated heterocycles. The Bertz CT molecular complexity index is 769. The monoisotopic (exact) mass is 376 g/mol. The number of allylic oxidation sites excluding steroid dienone is 3. The lowest BCUT2D eigenvalue weighted by Gasteiger charge is -2.58. The highest BCUT2D eigenvalue weighted by atomic mass is 16.4. The molecule has 0 aromatic heterocycles. The van der Waals surface area contributed by atoms with Crippen LogP contribution in [-0.4, -0.2) is 50.3 Å². The van der Waals surface area contributed by atoms with Crippen molar-refractivity contribution < 1.29 is 30.0 Å². The Labute approximate surface area is 158 Å². The predicted octanol–water partition coefficient (Wildman–Crippen LogP) is 1.44. The molecule has 3 fully saturated rings. The van der Waals surface area contributed by atoms with Gasteiger partial charge in [-0.25, -0.2) is 0 Å². The predicted molar refractivity (Wildman–Crippen MR) is 96.6 cm³/mol. The second-order valence-electron chi connectivity index (χ2n) is 9.27. The van der Waals surface area contributed by atoms with E-state index in [9.17, 15) is 30.0 Å². The van der Waals surface area contributed by atoms with Crippen LogP contribution in [0.2, 0.25) is 0 Å². The topological polar surface area (TPSA) is 115 Å². The average Bonchev–Trinajstić information content (AvgIpc) is 2.83. The van der Waals surface area contributed by atoms with Crippen LogP contribution in [-0.2, 0) is 9.59 Å². The van der Waals surface area contributed by atoms with E-state index in [-0.39, 0.29) is 29.3 Å². The number of ketones is 2.